The normalized spacial score (nSPS) is 39.2. The van der Waals surface area contributed by atoms with Crippen LogP contribution in [0.3, 0.4) is 0 Å². The highest BCUT2D eigenvalue weighted by Gasteiger charge is 2.29. The Morgan fingerprint density at radius 1 is 1.13 bits per heavy atom. The highest BCUT2D eigenvalue weighted by Crippen LogP contribution is 2.38. The van der Waals surface area contributed by atoms with Crippen LogP contribution >= 0.6 is 15.9 Å². The highest BCUT2D eigenvalue weighted by molar-refractivity contribution is 9.09. The minimum atomic E-state index is 0.788. The zero-order valence-electron chi connectivity index (χ0n) is 9.75. The number of hydrogen-bond donors (Lipinski definition) is 0. The van der Waals surface area contributed by atoms with Crippen molar-refractivity contribution in [3.8, 4) is 0 Å². The molecule has 1 nitrogen and oxygen atoms in total. The lowest BCUT2D eigenvalue weighted by molar-refractivity contribution is 0.0554. The predicted molar refractivity (Wildman–Crippen MR) is 67.4 cm³/mol. The minimum absolute atomic E-state index is 0.788. The molecule has 1 saturated carbocycles. The van der Waals surface area contributed by atoms with Gasteiger partial charge < -0.3 is 4.74 Å². The molecule has 3 unspecified atom stereocenters. The number of ether oxygens (including phenoxy) is 1. The van der Waals surface area contributed by atoms with E-state index in [1.165, 1.54) is 38.5 Å². The number of rotatable bonds is 2. The van der Waals surface area contributed by atoms with Crippen LogP contribution in [0.1, 0.15) is 45.4 Å². The van der Waals surface area contributed by atoms with Crippen LogP contribution in [0.25, 0.3) is 0 Å². The quantitative estimate of drug-likeness (QED) is 0.692. The molecule has 0 aromatic heterocycles. The largest absolute Gasteiger partial charge is 0.381 e. The summed E-state index contributed by atoms with van der Waals surface area (Å²) >= 11 is 3.88. The average Bonchev–Trinajstić information content (AvgIpc) is 2.25. The predicted octanol–water partition coefficient (Wildman–Crippen LogP) is 4.00. The summed E-state index contributed by atoms with van der Waals surface area (Å²) in [5.74, 6) is 2.81. The van der Waals surface area contributed by atoms with Gasteiger partial charge >= 0.3 is 0 Å². The Morgan fingerprint density at radius 2 is 1.87 bits per heavy atom. The molecular formula is C13H23BrO. The van der Waals surface area contributed by atoms with Gasteiger partial charge in [-0.05, 0) is 56.3 Å². The molecule has 3 atom stereocenters. The molecule has 1 saturated heterocycles. The Bertz CT molecular complexity index is 189. The Hall–Kier alpha value is 0.440. The van der Waals surface area contributed by atoms with Crippen molar-refractivity contribution in [3.63, 3.8) is 0 Å². The molecule has 0 spiro atoms. The van der Waals surface area contributed by atoms with Gasteiger partial charge in [-0.2, -0.15) is 0 Å². The van der Waals surface area contributed by atoms with Gasteiger partial charge in [-0.25, -0.2) is 0 Å². The zero-order valence-corrected chi connectivity index (χ0v) is 11.3. The summed E-state index contributed by atoms with van der Waals surface area (Å²) in [5, 5.41) is 0. The number of hydrogen-bond acceptors (Lipinski definition) is 1. The summed E-state index contributed by atoms with van der Waals surface area (Å²) in [6.45, 7) is 4.41. The van der Waals surface area contributed by atoms with E-state index in [0.29, 0.717) is 0 Å². The summed E-state index contributed by atoms with van der Waals surface area (Å²) in [6, 6.07) is 0. The first-order chi connectivity index (χ1) is 7.25. The summed E-state index contributed by atoms with van der Waals surface area (Å²) in [6.07, 6.45) is 8.27. The van der Waals surface area contributed by atoms with E-state index >= 15 is 0 Å². The second kappa shape index (κ2) is 5.67. The van der Waals surface area contributed by atoms with Gasteiger partial charge in [0, 0.05) is 18.0 Å². The van der Waals surface area contributed by atoms with Crippen molar-refractivity contribution in [2.24, 2.45) is 17.8 Å². The first-order valence-electron chi connectivity index (χ1n) is 6.47. The van der Waals surface area contributed by atoms with Crippen molar-refractivity contribution >= 4 is 15.9 Å². The van der Waals surface area contributed by atoms with Crippen LogP contribution in [0.15, 0.2) is 0 Å². The Morgan fingerprint density at radius 3 is 2.60 bits per heavy atom. The standard InChI is InChI=1S/C13H23BrO/c1-10-2-3-13(14)12(8-10)9-11-4-6-15-7-5-11/h10-13H,2-9H2,1H3. The van der Waals surface area contributed by atoms with Gasteiger partial charge in [0.25, 0.3) is 0 Å². The fourth-order valence-corrected chi connectivity index (χ4v) is 3.81. The van der Waals surface area contributed by atoms with E-state index in [1.807, 2.05) is 0 Å². The van der Waals surface area contributed by atoms with E-state index < -0.39 is 0 Å². The van der Waals surface area contributed by atoms with Crippen LogP contribution in [0, 0.1) is 17.8 Å². The molecule has 2 rings (SSSR count). The Balaban J connectivity index is 1.80. The average molecular weight is 275 g/mol. The molecule has 0 amide bonds. The summed E-state index contributed by atoms with van der Waals surface area (Å²) in [7, 11) is 0. The molecule has 0 bridgehead atoms. The first kappa shape index (κ1) is 11.9. The monoisotopic (exact) mass is 274 g/mol. The van der Waals surface area contributed by atoms with Crippen molar-refractivity contribution in [2.75, 3.05) is 13.2 Å². The number of halogens is 1. The molecule has 88 valence electrons. The molecule has 0 N–H and O–H groups in total. The lowest BCUT2D eigenvalue weighted by Gasteiger charge is -2.35. The van der Waals surface area contributed by atoms with Crippen molar-refractivity contribution < 1.29 is 4.74 Å². The second-order valence-corrected chi connectivity index (χ2v) is 6.66. The van der Waals surface area contributed by atoms with E-state index in [2.05, 4.69) is 22.9 Å². The molecule has 1 aliphatic carbocycles. The highest BCUT2D eigenvalue weighted by atomic mass is 79.9. The van der Waals surface area contributed by atoms with Crippen LogP contribution in [0.4, 0.5) is 0 Å². The lowest BCUT2D eigenvalue weighted by atomic mass is 9.76. The van der Waals surface area contributed by atoms with Crippen LogP contribution in [0.2, 0.25) is 0 Å². The molecule has 0 aromatic rings. The van der Waals surface area contributed by atoms with Crippen LogP contribution in [-0.2, 0) is 4.74 Å². The lowest BCUT2D eigenvalue weighted by Crippen LogP contribution is -2.28. The fourth-order valence-electron chi connectivity index (χ4n) is 3.12. The maximum Gasteiger partial charge on any atom is 0.0468 e. The van der Waals surface area contributed by atoms with E-state index in [-0.39, 0.29) is 0 Å². The van der Waals surface area contributed by atoms with Crippen LogP contribution in [-0.4, -0.2) is 18.0 Å². The van der Waals surface area contributed by atoms with Crippen molar-refractivity contribution in [1.29, 1.82) is 0 Å². The summed E-state index contributed by atoms with van der Waals surface area (Å²) in [4.78, 5) is 0.788. The molecule has 1 aliphatic heterocycles. The van der Waals surface area contributed by atoms with Gasteiger partial charge in [-0.3, -0.25) is 0 Å². The third kappa shape index (κ3) is 3.45. The van der Waals surface area contributed by atoms with Crippen molar-refractivity contribution in [2.45, 2.75) is 50.3 Å². The molecule has 0 radical (unpaired) electrons. The van der Waals surface area contributed by atoms with E-state index in [4.69, 9.17) is 4.74 Å². The van der Waals surface area contributed by atoms with Gasteiger partial charge in [-0.15, -0.1) is 0 Å². The van der Waals surface area contributed by atoms with Crippen molar-refractivity contribution in [1.82, 2.24) is 0 Å². The topological polar surface area (TPSA) is 9.23 Å². The maximum atomic E-state index is 5.43. The molecule has 2 fully saturated rings. The zero-order chi connectivity index (χ0) is 10.7. The maximum absolute atomic E-state index is 5.43. The van der Waals surface area contributed by atoms with Crippen LogP contribution in [0.5, 0.6) is 0 Å². The first-order valence-corrected chi connectivity index (χ1v) is 7.39. The SMILES string of the molecule is CC1CCC(Br)C(CC2CCOCC2)C1. The third-order valence-corrected chi connectivity index (χ3v) is 5.33. The van der Waals surface area contributed by atoms with E-state index in [1.54, 1.807) is 0 Å². The molecule has 1 heterocycles. The molecule has 0 aromatic carbocycles. The van der Waals surface area contributed by atoms with E-state index in [9.17, 15) is 0 Å². The third-order valence-electron chi connectivity index (χ3n) is 4.13. The molecular weight excluding hydrogens is 252 g/mol. The van der Waals surface area contributed by atoms with Crippen LogP contribution < -0.4 is 0 Å². The van der Waals surface area contributed by atoms with Gasteiger partial charge in [0.15, 0.2) is 0 Å². The minimum Gasteiger partial charge on any atom is -0.381 e. The molecule has 2 aliphatic rings. The van der Waals surface area contributed by atoms with Crippen molar-refractivity contribution in [3.05, 3.63) is 0 Å². The Kier molecular flexibility index (Phi) is 4.51. The Labute approximate surface area is 102 Å². The fraction of sp³-hybridized carbons (Fsp3) is 1.00. The molecule has 15 heavy (non-hydrogen) atoms. The number of alkyl halides is 1. The van der Waals surface area contributed by atoms with Gasteiger partial charge in [0.2, 0.25) is 0 Å². The summed E-state index contributed by atoms with van der Waals surface area (Å²) < 4.78 is 5.43. The smallest absolute Gasteiger partial charge is 0.0468 e. The summed E-state index contributed by atoms with van der Waals surface area (Å²) in [5.41, 5.74) is 0. The van der Waals surface area contributed by atoms with Gasteiger partial charge in [0.1, 0.15) is 0 Å². The molecule has 2 heteroatoms. The van der Waals surface area contributed by atoms with E-state index in [0.717, 1.165) is 35.8 Å². The van der Waals surface area contributed by atoms with Gasteiger partial charge in [-0.1, -0.05) is 22.9 Å². The van der Waals surface area contributed by atoms with Gasteiger partial charge in [0.05, 0.1) is 0 Å². The second-order valence-electron chi connectivity index (χ2n) is 5.49.